The van der Waals surface area contributed by atoms with Crippen LogP contribution in [-0.4, -0.2) is 38.1 Å². The largest absolute Gasteiger partial charge is 0.347 e. The molecule has 0 unspecified atom stereocenters. The van der Waals surface area contributed by atoms with Crippen molar-refractivity contribution >= 4 is 28.4 Å². The summed E-state index contributed by atoms with van der Waals surface area (Å²) in [5.74, 6) is 0. The Bertz CT molecular complexity index is 528. The van der Waals surface area contributed by atoms with Gasteiger partial charge in [-0.3, -0.25) is 0 Å². The molecule has 0 aliphatic carbocycles. The Hall–Kier alpha value is -1.49. The maximum Gasteiger partial charge on any atom is 0.198 e. The van der Waals surface area contributed by atoms with Crippen LogP contribution in [0.25, 0.3) is 11.0 Å². The average Bonchev–Trinajstić information content (AvgIpc) is 2.98. The van der Waals surface area contributed by atoms with Crippen molar-refractivity contribution in [3.63, 3.8) is 0 Å². The number of hydrogen-bond donors (Lipinski definition) is 0. The van der Waals surface area contributed by atoms with E-state index in [4.69, 9.17) is 12.2 Å². The summed E-state index contributed by atoms with van der Waals surface area (Å²) in [6.07, 6.45) is 2.43. The van der Waals surface area contributed by atoms with Gasteiger partial charge < -0.3 is 4.90 Å². The third kappa shape index (κ3) is 1.48. The van der Waals surface area contributed by atoms with Gasteiger partial charge in [0.1, 0.15) is 5.52 Å². The van der Waals surface area contributed by atoms with Gasteiger partial charge in [-0.25, -0.2) is 0 Å². The summed E-state index contributed by atoms with van der Waals surface area (Å²) in [5.41, 5.74) is 1.88. The van der Waals surface area contributed by atoms with Gasteiger partial charge in [0.05, 0.1) is 5.52 Å². The Labute approximate surface area is 98.8 Å². The number of likely N-dealkylation sites (tertiary alicyclic amines) is 1. The van der Waals surface area contributed by atoms with Crippen LogP contribution < -0.4 is 0 Å². The third-order valence-electron chi connectivity index (χ3n) is 2.91. The van der Waals surface area contributed by atoms with E-state index in [0.717, 1.165) is 29.2 Å². The zero-order valence-corrected chi connectivity index (χ0v) is 9.65. The van der Waals surface area contributed by atoms with Crippen LogP contribution in [0.15, 0.2) is 24.3 Å². The molecule has 2 heterocycles. The van der Waals surface area contributed by atoms with Gasteiger partial charge in [0.2, 0.25) is 0 Å². The Morgan fingerprint density at radius 1 is 1.19 bits per heavy atom. The minimum absolute atomic E-state index is 0.770. The van der Waals surface area contributed by atoms with Crippen LogP contribution >= 0.6 is 12.2 Å². The van der Waals surface area contributed by atoms with E-state index in [9.17, 15) is 0 Å². The van der Waals surface area contributed by atoms with Crippen LogP contribution in [0.2, 0.25) is 0 Å². The molecule has 1 aromatic carbocycles. The summed E-state index contributed by atoms with van der Waals surface area (Å²) in [6, 6.07) is 7.89. The van der Waals surface area contributed by atoms with Crippen LogP contribution in [0.3, 0.4) is 0 Å². The van der Waals surface area contributed by atoms with Gasteiger partial charge in [0, 0.05) is 13.1 Å². The Morgan fingerprint density at radius 3 is 2.75 bits per heavy atom. The molecule has 1 aliphatic rings. The number of aromatic nitrogens is 3. The van der Waals surface area contributed by atoms with Crippen molar-refractivity contribution in [2.75, 3.05) is 13.1 Å². The topological polar surface area (TPSA) is 34.0 Å². The van der Waals surface area contributed by atoms with E-state index in [2.05, 4.69) is 15.2 Å². The predicted octanol–water partition coefficient (Wildman–Crippen LogP) is 1.66. The van der Waals surface area contributed by atoms with Gasteiger partial charge in [-0.05, 0) is 37.2 Å². The lowest BCUT2D eigenvalue weighted by Crippen LogP contribution is -2.32. The van der Waals surface area contributed by atoms with Gasteiger partial charge in [0.25, 0.3) is 0 Å². The third-order valence-corrected chi connectivity index (χ3v) is 3.34. The maximum atomic E-state index is 5.45. The van der Waals surface area contributed by atoms with Gasteiger partial charge in [-0.1, -0.05) is 17.3 Å². The SMILES string of the molecule is S=C(N1CCCC1)n1nnc2ccccc21. The summed E-state index contributed by atoms with van der Waals surface area (Å²) >= 11 is 5.45. The van der Waals surface area contributed by atoms with Crippen LogP contribution in [0.1, 0.15) is 12.8 Å². The lowest BCUT2D eigenvalue weighted by molar-refractivity contribution is 0.505. The van der Waals surface area contributed by atoms with Crippen molar-refractivity contribution in [3.8, 4) is 0 Å². The highest BCUT2D eigenvalue weighted by atomic mass is 32.1. The van der Waals surface area contributed by atoms with Gasteiger partial charge in [-0.2, -0.15) is 4.68 Å². The Kier molecular flexibility index (Phi) is 2.32. The molecule has 0 atom stereocenters. The summed E-state index contributed by atoms with van der Waals surface area (Å²) in [6.45, 7) is 2.07. The second kappa shape index (κ2) is 3.83. The molecule has 2 aromatic rings. The number of thiocarbonyl (C=S) groups is 1. The smallest absolute Gasteiger partial charge is 0.198 e. The minimum atomic E-state index is 0.770. The number of hydrogen-bond acceptors (Lipinski definition) is 3. The fraction of sp³-hybridized carbons (Fsp3) is 0.364. The summed E-state index contributed by atoms with van der Waals surface area (Å²) in [5, 5.41) is 9.00. The first-order valence-electron chi connectivity index (χ1n) is 5.46. The predicted molar refractivity (Wildman–Crippen MR) is 66.3 cm³/mol. The van der Waals surface area contributed by atoms with Crippen molar-refractivity contribution in [1.82, 2.24) is 19.9 Å². The van der Waals surface area contributed by atoms with E-state index in [0.29, 0.717) is 0 Å². The molecule has 5 heteroatoms. The van der Waals surface area contributed by atoms with Crippen molar-refractivity contribution < 1.29 is 0 Å². The van der Waals surface area contributed by atoms with Gasteiger partial charge in [0.15, 0.2) is 5.11 Å². The van der Waals surface area contributed by atoms with E-state index >= 15 is 0 Å². The number of rotatable bonds is 0. The number of benzene rings is 1. The second-order valence-corrected chi connectivity index (χ2v) is 4.33. The lowest BCUT2D eigenvalue weighted by Gasteiger charge is -2.17. The molecule has 3 rings (SSSR count). The molecule has 0 bridgehead atoms. The van der Waals surface area contributed by atoms with Gasteiger partial charge >= 0.3 is 0 Å². The van der Waals surface area contributed by atoms with E-state index in [1.165, 1.54) is 12.8 Å². The molecule has 0 radical (unpaired) electrons. The highest BCUT2D eigenvalue weighted by Crippen LogP contribution is 2.14. The average molecular weight is 232 g/mol. The Balaban J connectivity index is 2.02. The molecule has 1 aliphatic heterocycles. The van der Waals surface area contributed by atoms with Crippen LogP contribution in [0.5, 0.6) is 0 Å². The lowest BCUT2D eigenvalue weighted by atomic mass is 10.3. The normalized spacial score (nSPS) is 15.9. The summed E-state index contributed by atoms with van der Waals surface area (Å²) in [7, 11) is 0. The monoisotopic (exact) mass is 232 g/mol. The van der Waals surface area contributed by atoms with Crippen molar-refractivity contribution in [3.05, 3.63) is 24.3 Å². The molecule has 4 nitrogen and oxygen atoms in total. The fourth-order valence-electron chi connectivity index (χ4n) is 2.05. The highest BCUT2D eigenvalue weighted by Gasteiger charge is 2.18. The molecular formula is C11H12N4S. The van der Waals surface area contributed by atoms with E-state index in [-0.39, 0.29) is 0 Å². The van der Waals surface area contributed by atoms with E-state index in [1.807, 2.05) is 24.3 Å². The van der Waals surface area contributed by atoms with Crippen molar-refractivity contribution in [2.24, 2.45) is 0 Å². The molecule has 0 N–H and O–H groups in total. The molecule has 1 saturated heterocycles. The van der Waals surface area contributed by atoms with Gasteiger partial charge in [-0.15, -0.1) is 5.10 Å². The first kappa shape index (κ1) is 9.72. The maximum absolute atomic E-state index is 5.45. The van der Waals surface area contributed by atoms with Crippen LogP contribution in [0, 0.1) is 0 Å². The number of nitrogens with zero attached hydrogens (tertiary/aromatic N) is 4. The second-order valence-electron chi connectivity index (χ2n) is 3.97. The zero-order chi connectivity index (χ0) is 11.0. The first-order chi connectivity index (χ1) is 7.86. The quantitative estimate of drug-likeness (QED) is 0.647. The molecule has 1 aromatic heterocycles. The molecule has 0 spiro atoms. The van der Waals surface area contributed by atoms with Crippen LogP contribution in [-0.2, 0) is 0 Å². The number of fused-ring (bicyclic) bond motifs is 1. The molecule has 82 valence electrons. The zero-order valence-electron chi connectivity index (χ0n) is 8.83. The van der Waals surface area contributed by atoms with E-state index in [1.54, 1.807) is 4.68 Å². The van der Waals surface area contributed by atoms with Crippen molar-refractivity contribution in [1.29, 1.82) is 0 Å². The van der Waals surface area contributed by atoms with E-state index < -0.39 is 0 Å². The number of para-hydroxylation sites is 1. The summed E-state index contributed by atoms with van der Waals surface area (Å²) < 4.78 is 1.76. The molecule has 1 fully saturated rings. The Morgan fingerprint density at radius 2 is 1.94 bits per heavy atom. The standard InChI is InChI=1S/C11H12N4S/c16-11(14-7-3-4-8-14)15-10-6-2-1-5-9(10)12-13-15/h1-2,5-6H,3-4,7-8H2. The first-order valence-corrected chi connectivity index (χ1v) is 5.87. The molecule has 0 amide bonds. The molecular weight excluding hydrogens is 220 g/mol. The molecule has 0 saturated carbocycles. The molecule has 16 heavy (non-hydrogen) atoms. The van der Waals surface area contributed by atoms with Crippen LogP contribution in [0.4, 0.5) is 0 Å². The highest BCUT2D eigenvalue weighted by molar-refractivity contribution is 7.80. The van der Waals surface area contributed by atoms with Crippen molar-refractivity contribution in [2.45, 2.75) is 12.8 Å². The summed E-state index contributed by atoms with van der Waals surface area (Å²) in [4.78, 5) is 2.19. The fourth-order valence-corrected chi connectivity index (χ4v) is 2.37. The minimum Gasteiger partial charge on any atom is -0.347 e.